The van der Waals surface area contributed by atoms with E-state index >= 15 is 0 Å². The second-order valence-electron chi connectivity index (χ2n) is 5.39. The third kappa shape index (κ3) is 5.04. The number of hydrogen-bond donors (Lipinski definition) is 1. The van der Waals surface area contributed by atoms with Crippen LogP contribution < -0.4 is 5.32 Å². The van der Waals surface area contributed by atoms with Crippen molar-refractivity contribution in [2.75, 3.05) is 18.4 Å². The lowest BCUT2D eigenvalue weighted by molar-refractivity contribution is -0.116. The molecule has 0 spiro atoms. The maximum absolute atomic E-state index is 12.7. The van der Waals surface area contributed by atoms with E-state index in [1.807, 2.05) is 6.92 Å². The molecule has 0 saturated heterocycles. The summed E-state index contributed by atoms with van der Waals surface area (Å²) >= 11 is 9.21. The van der Waals surface area contributed by atoms with Gasteiger partial charge in [0.2, 0.25) is 15.9 Å². The molecule has 1 N–H and O–H groups in total. The molecule has 1 amide bonds. The Kier molecular flexibility index (Phi) is 6.62. The first-order valence-corrected chi connectivity index (χ1v) is 10.2. The minimum Gasteiger partial charge on any atom is -0.325 e. The van der Waals surface area contributed by atoms with E-state index in [0.29, 0.717) is 10.7 Å². The fourth-order valence-corrected chi connectivity index (χ4v) is 4.04. The number of benzene rings is 2. The van der Waals surface area contributed by atoms with Crippen LogP contribution in [0.4, 0.5) is 5.69 Å². The van der Waals surface area contributed by atoms with Gasteiger partial charge in [0.05, 0.1) is 11.4 Å². The molecule has 25 heavy (non-hydrogen) atoms. The predicted molar refractivity (Wildman–Crippen MR) is 103 cm³/mol. The zero-order valence-corrected chi connectivity index (χ0v) is 17.0. The Hall–Kier alpha value is -1.41. The Balaban J connectivity index is 2.16. The number of hydrogen-bond acceptors (Lipinski definition) is 3. The highest BCUT2D eigenvalue weighted by molar-refractivity contribution is 9.10. The molecule has 0 aromatic heterocycles. The highest BCUT2D eigenvalue weighted by Crippen LogP contribution is 2.21. The average Bonchev–Trinajstić information content (AvgIpc) is 2.56. The number of carbonyl (C=O) groups is 1. The van der Waals surface area contributed by atoms with E-state index < -0.39 is 15.9 Å². The lowest BCUT2D eigenvalue weighted by Crippen LogP contribution is -2.37. The predicted octanol–water partition coefficient (Wildman–Crippen LogP) is 4.06. The highest BCUT2D eigenvalue weighted by atomic mass is 79.9. The van der Waals surface area contributed by atoms with Gasteiger partial charge < -0.3 is 5.32 Å². The number of aryl methyl sites for hydroxylation is 1. The molecule has 0 unspecified atom stereocenters. The fraction of sp³-hybridized carbons (Fsp3) is 0.235. The molecule has 0 aliphatic heterocycles. The van der Waals surface area contributed by atoms with Gasteiger partial charge in [-0.15, -0.1) is 0 Å². The van der Waals surface area contributed by atoms with Crippen molar-refractivity contribution in [1.29, 1.82) is 0 Å². The molecule has 0 atom stereocenters. The molecule has 2 rings (SSSR count). The minimum atomic E-state index is -3.75. The number of carbonyl (C=O) groups excluding carboxylic acids is 1. The van der Waals surface area contributed by atoms with Gasteiger partial charge in [-0.1, -0.05) is 40.5 Å². The molecule has 0 bridgehead atoms. The second-order valence-corrected chi connectivity index (χ2v) is 8.68. The molecule has 134 valence electrons. The summed E-state index contributed by atoms with van der Waals surface area (Å²) in [4.78, 5) is 12.5. The van der Waals surface area contributed by atoms with E-state index in [9.17, 15) is 13.2 Å². The molecule has 0 radical (unpaired) electrons. The number of sulfonamides is 1. The van der Waals surface area contributed by atoms with Crippen molar-refractivity contribution >= 4 is 49.1 Å². The number of anilines is 1. The van der Waals surface area contributed by atoms with Crippen LogP contribution in [-0.4, -0.2) is 31.7 Å². The SMILES string of the molecule is CCN(CC(=O)Nc1cc(Cl)ccc1C)S(=O)(=O)c1ccc(Br)cc1. The monoisotopic (exact) mass is 444 g/mol. The van der Waals surface area contributed by atoms with E-state index in [1.54, 1.807) is 37.3 Å². The topological polar surface area (TPSA) is 66.5 Å². The van der Waals surface area contributed by atoms with Gasteiger partial charge in [-0.3, -0.25) is 4.79 Å². The van der Waals surface area contributed by atoms with Gasteiger partial charge in [0.25, 0.3) is 0 Å². The van der Waals surface area contributed by atoms with Crippen LogP contribution in [0.1, 0.15) is 12.5 Å². The van der Waals surface area contributed by atoms with Crippen molar-refractivity contribution < 1.29 is 13.2 Å². The van der Waals surface area contributed by atoms with Crippen LogP contribution in [0.3, 0.4) is 0 Å². The highest BCUT2D eigenvalue weighted by Gasteiger charge is 2.25. The third-order valence-electron chi connectivity index (χ3n) is 3.60. The summed E-state index contributed by atoms with van der Waals surface area (Å²) < 4.78 is 27.3. The van der Waals surface area contributed by atoms with Crippen LogP contribution in [0.15, 0.2) is 51.8 Å². The number of rotatable bonds is 6. The zero-order chi connectivity index (χ0) is 18.6. The van der Waals surface area contributed by atoms with Crippen molar-refractivity contribution in [2.24, 2.45) is 0 Å². The molecule has 5 nitrogen and oxygen atoms in total. The van der Waals surface area contributed by atoms with Gasteiger partial charge in [0.15, 0.2) is 0 Å². The summed E-state index contributed by atoms with van der Waals surface area (Å²) in [6, 6.07) is 11.4. The Morgan fingerprint density at radius 1 is 1.20 bits per heavy atom. The average molecular weight is 446 g/mol. The normalized spacial score (nSPS) is 11.6. The molecule has 0 heterocycles. The van der Waals surface area contributed by atoms with Crippen molar-refractivity contribution in [3.05, 3.63) is 57.5 Å². The summed E-state index contributed by atoms with van der Waals surface area (Å²) in [5, 5.41) is 3.21. The van der Waals surface area contributed by atoms with Crippen LogP contribution in [-0.2, 0) is 14.8 Å². The number of nitrogens with one attached hydrogen (secondary N) is 1. The van der Waals surface area contributed by atoms with Gasteiger partial charge in [-0.05, 0) is 48.9 Å². The Morgan fingerprint density at radius 2 is 1.84 bits per heavy atom. The number of halogens is 2. The van der Waals surface area contributed by atoms with E-state index in [0.717, 1.165) is 14.3 Å². The van der Waals surface area contributed by atoms with Gasteiger partial charge in [-0.25, -0.2) is 8.42 Å². The number of likely N-dealkylation sites (N-methyl/N-ethyl adjacent to an activating group) is 1. The van der Waals surface area contributed by atoms with Gasteiger partial charge in [-0.2, -0.15) is 4.31 Å². The van der Waals surface area contributed by atoms with Crippen molar-refractivity contribution in [3.8, 4) is 0 Å². The maximum atomic E-state index is 12.7. The first-order valence-electron chi connectivity index (χ1n) is 7.55. The standard InChI is InChI=1S/C17H18BrClN2O3S/c1-3-21(25(23,24)15-8-5-13(18)6-9-15)11-17(22)20-16-10-14(19)7-4-12(16)2/h4-10H,3,11H2,1-2H3,(H,20,22). The Bertz CT molecular complexity index is 870. The largest absolute Gasteiger partial charge is 0.325 e. The maximum Gasteiger partial charge on any atom is 0.243 e. The van der Waals surface area contributed by atoms with Crippen molar-refractivity contribution in [1.82, 2.24) is 4.31 Å². The van der Waals surface area contributed by atoms with Crippen LogP contribution in [0.5, 0.6) is 0 Å². The quantitative estimate of drug-likeness (QED) is 0.729. The van der Waals surface area contributed by atoms with Crippen LogP contribution in [0.25, 0.3) is 0 Å². The van der Waals surface area contributed by atoms with Crippen LogP contribution in [0, 0.1) is 6.92 Å². The molecule has 0 fully saturated rings. The minimum absolute atomic E-state index is 0.143. The van der Waals surface area contributed by atoms with Gasteiger partial charge >= 0.3 is 0 Å². The molecule has 2 aromatic carbocycles. The summed E-state index contributed by atoms with van der Waals surface area (Å²) in [6.07, 6.45) is 0. The summed E-state index contributed by atoms with van der Waals surface area (Å²) in [7, 11) is -3.75. The van der Waals surface area contributed by atoms with Gasteiger partial charge in [0.1, 0.15) is 0 Å². The van der Waals surface area contributed by atoms with E-state index in [2.05, 4.69) is 21.2 Å². The smallest absolute Gasteiger partial charge is 0.243 e. The van der Waals surface area contributed by atoms with E-state index in [-0.39, 0.29) is 18.0 Å². The molecule has 0 aliphatic carbocycles. The van der Waals surface area contributed by atoms with Gasteiger partial charge in [0, 0.05) is 21.7 Å². The fourth-order valence-electron chi connectivity index (χ4n) is 2.20. The lowest BCUT2D eigenvalue weighted by Gasteiger charge is -2.20. The summed E-state index contributed by atoms with van der Waals surface area (Å²) in [5.41, 5.74) is 1.41. The molecule has 8 heteroatoms. The molecule has 2 aromatic rings. The Labute approximate surface area is 161 Å². The van der Waals surface area contributed by atoms with Crippen LogP contribution >= 0.6 is 27.5 Å². The summed E-state index contributed by atoms with van der Waals surface area (Å²) in [5.74, 6) is -0.423. The number of amides is 1. The second kappa shape index (κ2) is 8.31. The number of nitrogens with zero attached hydrogens (tertiary/aromatic N) is 1. The first kappa shape index (κ1) is 19.9. The molecule has 0 aliphatic rings. The zero-order valence-electron chi connectivity index (χ0n) is 13.8. The Morgan fingerprint density at radius 3 is 2.44 bits per heavy atom. The lowest BCUT2D eigenvalue weighted by atomic mass is 10.2. The summed E-state index contributed by atoms with van der Waals surface area (Å²) in [6.45, 7) is 3.43. The molecular weight excluding hydrogens is 428 g/mol. The first-order chi connectivity index (χ1) is 11.7. The van der Waals surface area contributed by atoms with Crippen molar-refractivity contribution in [2.45, 2.75) is 18.7 Å². The van der Waals surface area contributed by atoms with E-state index in [4.69, 9.17) is 11.6 Å². The molecular formula is C17H18BrClN2O3S. The third-order valence-corrected chi connectivity index (χ3v) is 6.30. The van der Waals surface area contributed by atoms with E-state index in [1.165, 1.54) is 12.1 Å². The van der Waals surface area contributed by atoms with Crippen molar-refractivity contribution in [3.63, 3.8) is 0 Å². The molecule has 0 saturated carbocycles. The van der Waals surface area contributed by atoms with Crippen LogP contribution in [0.2, 0.25) is 5.02 Å².